The van der Waals surface area contributed by atoms with Crippen LogP contribution in [0, 0.1) is 85.8 Å². The molecule has 442 valence electrons. The molecule has 0 aromatic carbocycles. The van der Waals surface area contributed by atoms with Crippen molar-refractivity contribution in [1.82, 2.24) is 4.98 Å². The highest BCUT2D eigenvalue weighted by atomic mass is 32.2. The summed E-state index contributed by atoms with van der Waals surface area (Å²) < 4.78 is 82.1. The molecule has 1 aromatic rings. The van der Waals surface area contributed by atoms with Gasteiger partial charge in [-0.3, -0.25) is 24.2 Å². The molecular formula is C66H86F3NO10S. The number of aromatic nitrogens is 1. The number of ether oxygens (including phenoxy) is 3. The van der Waals surface area contributed by atoms with Gasteiger partial charge in [-0.2, -0.15) is 21.6 Å². The van der Waals surface area contributed by atoms with Crippen LogP contribution in [0.3, 0.4) is 0 Å². The van der Waals surface area contributed by atoms with Gasteiger partial charge in [0.1, 0.15) is 29.9 Å². The fourth-order valence-electron chi connectivity index (χ4n) is 20.6. The van der Waals surface area contributed by atoms with Gasteiger partial charge in [0.25, 0.3) is 19.4 Å². The van der Waals surface area contributed by atoms with E-state index in [-0.39, 0.29) is 57.6 Å². The summed E-state index contributed by atoms with van der Waals surface area (Å²) in [7, 11) is -5.66. The van der Waals surface area contributed by atoms with E-state index in [1.165, 1.54) is 54.4 Å². The molecule has 0 amide bonds. The van der Waals surface area contributed by atoms with E-state index < -0.39 is 21.0 Å². The fraction of sp³-hybridized carbons (Fsp3) is 0.712. The summed E-state index contributed by atoms with van der Waals surface area (Å²) in [5, 5.41) is 0. The Morgan fingerprint density at radius 3 is 1.41 bits per heavy atom. The maximum absolute atomic E-state index is 12.8. The van der Waals surface area contributed by atoms with E-state index in [9.17, 15) is 40.8 Å². The number of Topliss-reactive ketones (excluding diaryl/α,β-unsaturated/α-hetero) is 1. The number of alkyl halides is 3. The lowest BCUT2D eigenvalue weighted by atomic mass is 9.47. The summed E-state index contributed by atoms with van der Waals surface area (Å²) in [6.45, 7) is 15.5. The van der Waals surface area contributed by atoms with Crippen LogP contribution in [0.25, 0.3) is 5.57 Å². The molecule has 12 aliphatic carbocycles. The van der Waals surface area contributed by atoms with E-state index >= 15 is 0 Å². The minimum atomic E-state index is -5.66. The van der Waals surface area contributed by atoms with Gasteiger partial charge in [-0.05, 0) is 214 Å². The average Bonchev–Trinajstić information content (AvgIpc) is 4.33. The normalized spacial score (nSPS) is 43.5. The Labute approximate surface area is 478 Å². The van der Waals surface area contributed by atoms with Gasteiger partial charge in [-0.1, -0.05) is 88.6 Å². The summed E-state index contributed by atoms with van der Waals surface area (Å²) in [5.41, 5.74) is 1.88. The SMILES string of the molecule is C[C@]12CC[C@H](OC=O)CC1=CC[C@@H]1[C@@H]2CC[C@]2(C)C(=O)CC[C@@H]12.C[C@]12CC[C@H](OC=O)CC1=CC[C@@H]1[C@@H]2CC[C@]2(C)C(OS(=O)(=O)C(F)(F)F)=CC[C@@H]12.C[C@]12CC[C@H](OC=O)CC1=CC[C@@H]1[C@@H]2CC[C@]2(C)C(c3cccnc3)=CC[C@@H]12. The second kappa shape index (κ2) is 21.5. The molecule has 0 radical (unpaired) electrons. The molecule has 7 saturated carbocycles. The quantitative estimate of drug-likeness (QED) is 0.0763. The maximum Gasteiger partial charge on any atom is 0.534 e. The number of pyridine rings is 1. The largest absolute Gasteiger partial charge is 0.534 e. The molecule has 11 nitrogen and oxygen atoms in total. The highest BCUT2D eigenvalue weighted by molar-refractivity contribution is 7.87. The van der Waals surface area contributed by atoms with Crippen LogP contribution in [-0.4, -0.2) is 62.4 Å². The number of hydrogen-bond donors (Lipinski definition) is 0. The van der Waals surface area contributed by atoms with Crippen LogP contribution in [0.2, 0.25) is 0 Å². The molecule has 0 unspecified atom stereocenters. The molecular weight excluding hydrogens is 1060 g/mol. The summed E-state index contributed by atoms with van der Waals surface area (Å²) in [5.74, 6) is 5.40. The van der Waals surface area contributed by atoms with Crippen molar-refractivity contribution >= 4 is 40.9 Å². The lowest BCUT2D eigenvalue weighted by Gasteiger charge is -2.57. The predicted molar refractivity (Wildman–Crippen MR) is 300 cm³/mol. The number of nitrogens with zero attached hydrogens (tertiary/aromatic N) is 1. The average molecular weight is 1140 g/mol. The van der Waals surface area contributed by atoms with E-state index in [0.29, 0.717) is 67.1 Å². The summed E-state index contributed by atoms with van der Waals surface area (Å²) in [6, 6.07) is 4.29. The van der Waals surface area contributed by atoms with Crippen molar-refractivity contribution in [3.63, 3.8) is 0 Å². The molecule has 7 fully saturated rings. The van der Waals surface area contributed by atoms with E-state index in [0.717, 1.165) is 114 Å². The van der Waals surface area contributed by atoms with Crippen molar-refractivity contribution in [2.45, 2.75) is 207 Å². The molecule has 1 heterocycles. The van der Waals surface area contributed by atoms with Gasteiger partial charge < -0.3 is 18.4 Å². The number of ketones is 1. The molecule has 81 heavy (non-hydrogen) atoms. The number of halogens is 3. The van der Waals surface area contributed by atoms with E-state index in [1.807, 2.05) is 19.3 Å². The highest BCUT2D eigenvalue weighted by Crippen LogP contribution is 2.69. The van der Waals surface area contributed by atoms with Gasteiger partial charge in [0.2, 0.25) is 0 Å². The van der Waals surface area contributed by atoms with E-state index in [4.69, 9.17) is 14.2 Å². The Morgan fingerprint density at radius 2 is 0.951 bits per heavy atom. The minimum Gasteiger partial charge on any atom is -0.464 e. The van der Waals surface area contributed by atoms with Crippen molar-refractivity contribution < 1.29 is 59.2 Å². The minimum absolute atomic E-state index is 0.0192. The van der Waals surface area contributed by atoms with Gasteiger partial charge in [0.15, 0.2) is 0 Å². The van der Waals surface area contributed by atoms with E-state index in [1.54, 1.807) is 11.6 Å². The molecule has 0 aliphatic heterocycles. The Morgan fingerprint density at radius 1 is 0.531 bits per heavy atom. The number of hydrogen-bond acceptors (Lipinski definition) is 11. The van der Waals surface area contributed by atoms with Gasteiger partial charge in [0.05, 0.1) is 0 Å². The number of fused-ring (bicyclic) bond motifs is 15. The zero-order valence-corrected chi connectivity index (χ0v) is 49.3. The number of carbonyl (C=O) groups is 4. The number of rotatable bonds is 9. The first kappa shape index (κ1) is 58.3. The molecule has 0 N–H and O–H groups in total. The molecule has 15 heteroatoms. The molecule has 0 bridgehead atoms. The third-order valence-electron chi connectivity index (χ3n) is 25.2. The Bertz CT molecular complexity index is 2900. The van der Waals surface area contributed by atoms with Gasteiger partial charge in [-0.25, -0.2) is 0 Å². The van der Waals surface area contributed by atoms with Crippen LogP contribution in [0.1, 0.15) is 188 Å². The monoisotopic (exact) mass is 1140 g/mol. The molecule has 0 saturated heterocycles. The topological polar surface area (TPSA) is 152 Å². The van der Waals surface area contributed by atoms with Crippen molar-refractivity contribution in [1.29, 1.82) is 0 Å². The van der Waals surface area contributed by atoms with Crippen molar-refractivity contribution in [3.8, 4) is 0 Å². The first-order valence-corrected chi connectivity index (χ1v) is 32.1. The Hall–Kier alpha value is -4.53. The zero-order valence-electron chi connectivity index (χ0n) is 48.5. The zero-order chi connectivity index (χ0) is 57.5. The number of carbonyl (C=O) groups excluding carboxylic acids is 4. The second-order valence-corrected chi connectivity index (χ2v) is 29.8. The predicted octanol–water partition coefficient (Wildman–Crippen LogP) is 14.5. The number of allylic oxidation sites excluding steroid dienone is 7. The molecule has 18 atom stereocenters. The standard InChI is InChI=1S/C25H31NO2.C21H27F3O5S.C20H28O3/c1-24-11-9-19(28-16-27)14-18(24)5-6-20-22-8-7-21(17-4-3-13-26-15-17)25(22,2)12-10-23(20)24;1-19-9-7-14(28-12-25)11-13(19)3-4-15-16-5-6-18(20(16,2)10-8-17(15)19)29-30(26,27)21(22,23)24;1-19-9-7-14(23-12-21)11-13(19)3-4-15-16-5-6-18(22)20(16,2)10-8-17(15)19/h3-5,7,13,15-16,19-20,22-23H,6,8-12,14H2,1-2H3;3,6,12,14-17H,4-5,7-11H2,1-2H3;3,12,14-17H,4-11H2,1-2H3/t19-,20-,22-,23-,24-,25+;2*14-,15-,16-,17-,19-,20-/m000/s1. The lowest BCUT2D eigenvalue weighted by Crippen LogP contribution is -2.50. The lowest BCUT2D eigenvalue weighted by molar-refractivity contribution is -0.137. The molecule has 1 aromatic heterocycles. The molecule has 12 aliphatic rings. The molecule has 0 spiro atoms. The Balaban J connectivity index is 0.000000129. The third-order valence-corrected chi connectivity index (χ3v) is 26.1. The van der Waals surface area contributed by atoms with Crippen LogP contribution in [0.15, 0.2) is 77.4 Å². The van der Waals surface area contributed by atoms with Gasteiger partial charge in [0, 0.05) is 48.9 Å². The van der Waals surface area contributed by atoms with Crippen LogP contribution in [-0.2, 0) is 47.7 Å². The van der Waals surface area contributed by atoms with Crippen molar-refractivity contribution in [2.75, 3.05) is 0 Å². The molecule has 13 rings (SSSR count). The Kier molecular flexibility index (Phi) is 15.5. The summed E-state index contributed by atoms with van der Waals surface area (Å²) >= 11 is 0. The van der Waals surface area contributed by atoms with Crippen LogP contribution < -0.4 is 0 Å². The highest BCUT2D eigenvalue weighted by Gasteiger charge is 2.62. The fourth-order valence-corrected chi connectivity index (χ4v) is 21.2. The first-order chi connectivity index (χ1) is 38.5. The van der Waals surface area contributed by atoms with Crippen molar-refractivity contribution in [2.24, 2.45) is 85.8 Å². The second-order valence-electron chi connectivity index (χ2n) is 28.3. The van der Waals surface area contributed by atoms with Gasteiger partial charge in [-0.15, -0.1) is 0 Å². The third kappa shape index (κ3) is 9.74. The van der Waals surface area contributed by atoms with Gasteiger partial charge >= 0.3 is 15.6 Å². The van der Waals surface area contributed by atoms with Crippen LogP contribution >= 0.6 is 0 Å². The summed E-state index contributed by atoms with van der Waals surface area (Å²) in [6.07, 6.45) is 36.8. The maximum atomic E-state index is 12.8. The van der Waals surface area contributed by atoms with Crippen molar-refractivity contribution in [3.05, 3.63) is 82.9 Å². The smallest absolute Gasteiger partial charge is 0.464 e. The van der Waals surface area contributed by atoms with Crippen LogP contribution in [0.5, 0.6) is 0 Å². The first-order valence-electron chi connectivity index (χ1n) is 30.7. The van der Waals surface area contributed by atoms with Crippen LogP contribution in [0.4, 0.5) is 13.2 Å². The van der Waals surface area contributed by atoms with E-state index in [2.05, 4.69) is 80.2 Å². The summed E-state index contributed by atoms with van der Waals surface area (Å²) in [4.78, 5) is 49.0.